The molecular formula is C14H16O. The normalized spacial score (nSPS) is 15.1. The largest absolute Gasteiger partial charge is 0.393 e. The molecule has 0 amide bonds. The predicted molar refractivity (Wildman–Crippen MR) is 64.0 cm³/mol. The fourth-order valence-electron chi connectivity index (χ4n) is 1.77. The zero-order valence-electron chi connectivity index (χ0n) is 9.14. The van der Waals surface area contributed by atoms with Gasteiger partial charge in [-0.2, -0.15) is 0 Å². The molecule has 2 rings (SSSR count). The molecule has 0 saturated carbocycles. The summed E-state index contributed by atoms with van der Waals surface area (Å²) in [5.74, 6) is 0.189. The van der Waals surface area contributed by atoms with E-state index in [1.807, 2.05) is 19.1 Å². The number of aliphatic hydroxyl groups excluding tert-OH is 1. The number of fused-ring (bicyclic) bond motifs is 1. The first-order chi connectivity index (χ1) is 7.18. The summed E-state index contributed by atoms with van der Waals surface area (Å²) < 4.78 is 0. The topological polar surface area (TPSA) is 20.2 Å². The molecule has 2 unspecified atom stereocenters. The smallest absolute Gasteiger partial charge is 0.0577 e. The molecule has 0 radical (unpaired) electrons. The van der Waals surface area contributed by atoms with E-state index in [0.29, 0.717) is 0 Å². The third-order valence-electron chi connectivity index (χ3n) is 3.02. The van der Waals surface area contributed by atoms with E-state index in [-0.39, 0.29) is 12.0 Å². The Morgan fingerprint density at radius 3 is 2.27 bits per heavy atom. The monoisotopic (exact) mass is 200 g/mol. The van der Waals surface area contributed by atoms with E-state index < -0.39 is 0 Å². The first-order valence-electron chi connectivity index (χ1n) is 5.35. The van der Waals surface area contributed by atoms with E-state index in [1.165, 1.54) is 16.3 Å². The van der Waals surface area contributed by atoms with Gasteiger partial charge >= 0.3 is 0 Å². The SMILES string of the molecule is CC(O)C(C)c1ccc2ccccc2c1. The molecule has 1 N–H and O–H groups in total. The van der Waals surface area contributed by atoms with Crippen molar-refractivity contribution in [2.45, 2.75) is 25.9 Å². The number of hydrogen-bond acceptors (Lipinski definition) is 1. The van der Waals surface area contributed by atoms with Gasteiger partial charge in [-0.05, 0) is 23.3 Å². The standard InChI is InChI=1S/C14H16O/c1-10(11(2)15)13-8-7-12-5-3-4-6-14(12)9-13/h3-11,15H,1-2H3. The molecule has 0 aliphatic carbocycles. The number of hydrogen-bond donors (Lipinski definition) is 1. The molecule has 2 atom stereocenters. The lowest BCUT2D eigenvalue weighted by Crippen LogP contribution is -2.10. The van der Waals surface area contributed by atoms with Crippen LogP contribution in [0.2, 0.25) is 0 Å². The fraction of sp³-hybridized carbons (Fsp3) is 0.286. The van der Waals surface area contributed by atoms with Gasteiger partial charge in [0.25, 0.3) is 0 Å². The molecule has 0 fully saturated rings. The van der Waals surface area contributed by atoms with E-state index in [2.05, 4.69) is 37.3 Å². The van der Waals surface area contributed by atoms with Gasteiger partial charge in [-0.3, -0.25) is 0 Å². The molecule has 0 aliphatic rings. The van der Waals surface area contributed by atoms with Gasteiger partial charge in [-0.15, -0.1) is 0 Å². The molecule has 0 saturated heterocycles. The van der Waals surface area contributed by atoms with Gasteiger partial charge in [-0.1, -0.05) is 49.4 Å². The van der Waals surface area contributed by atoms with E-state index in [0.717, 1.165) is 0 Å². The highest BCUT2D eigenvalue weighted by molar-refractivity contribution is 5.83. The molecular weight excluding hydrogens is 184 g/mol. The zero-order valence-corrected chi connectivity index (χ0v) is 9.14. The Hall–Kier alpha value is -1.34. The van der Waals surface area contributed by atoms with Gasteiger partial charge in [0.2, 0.25) is 0 Å². The summed E-state index contributed by atoms with van der Waals surface area (Å²) in [6.45, 7) is 3.88. The average Bonchev–Trinajstić information content (AvgIpc) is 2.27. The third kappa shape index (κ3) is 2.02. The molecule has 1 heteroatoms. The van der Waals surface area contributed by atoms with E-state index >= 15 is 0 Å². The van der Waals surface area contributed by atoms with Crippen LogP contribution in [0.15, 0.2) is 42.5 Å². The minimum atomic E-state index is -0.300. The van der Waals surface area contributed by atoms with Crippen molar-refractivity contribution in [2.24, 2.45) is 0 Å². The van der Waals surface area contributed by atoms with E-state index in [1.54, 1.807) is 0 Å². The Labute approximate surface area is 90.4 Å². The van der Waals surface area contributed by atoms with Crippen molar-refractivity contribution in [2.75, 3.05) is 0 Å². The van der Waals surface area contributed by atoms with E-state index in [4.69, 9.17) is 0 Å². The molecule has 0 bridgehead atoms. The van der Waals surface area contributed by atoms with Crippen molar-refractivity contribution in [3.8, 4) is 0 Å². The second-order valence-corrected chi connectivity index (χ2v) is 4.14. The average molecular weight is 200 g/mol. The number of aliphatic hydroxyl groups is 1. The molecule has 0 heterocycles. The van der Waals surface area contributed by atoms with Crippen LogP contribution in [0.25, 0.3) is 10.8 Å². The molecule has 78 valence electrons. The summed E-state index contributed by atoms with van der Waals surface area (Å²) in [5, 5.41) is 12.0. The van der Waals surface area contributed by atoms with Crippen molar-refractivity contribution in [3.05, 3.63) is 48.0 Å². The Bertz CT molecular complexity index is 460. The molecule has 15 heavy (non-hydrogen) atoms. The van der Waals surface area contributed by atoms with Crippen LogP contribution in [0.3, 0.4) is 0 Å². The highest BCUT2D eigenvalue weighted by Gasteiger charge is 2.11. The Balaban J connectivity index is 2.47. The van der Waals surface area contributed by atoms with Crippen LogP contribution in [-0.4, -0.2) is 11.2 Å². The van der Waals surface area contributed by atoms with Crippen molar-refractivity contribution in [1.82, 2.24) is 0 Å². The third-order valence-corrected chi connectivity index (χ3v) is 3.02. The summed E-state index contributed by atoms with van der Waals surface area (Å²) >= 11 is 0. The van der Waals surface area contributed by atoms with Gasteiger partial charge in [0.15, 0.2) is 0 Å². The van der Waals surface area contributed by atoms with Crippen molar-refractivity contribution < 1.29 is 5.11 Å². The lowest BCUT2D eigenvalue weighted by Gasteiger charge is -2.15. The summed E-state index contributed by atoms with van der Waals surface area (Å²) in [6, 6.07) is 14.7. The Morgan fingerprint density at radius 1 is 0.933 bits per heavy atom. The Kier molecular flexibility index (Phi) is 2.74. The molecule has 2 aromatic rings. The minimum absolute atomic E-state index is 0.189. The number of benzene rings is 2. The van der Waals surface area contributed by atoms with Crippen LogP contribution >= 0.6 is 0 Å². The van der Waals surface area contributed by atoms with Crippen LogP contribution in [0.5, 0.6) is 0 Å². The first-order valence-corrected chi connectivity index (χ1v) is 5.35. The van der Waals surface area contributed by atoms with Crippen LogP contribution in [0.1, 0.15) is 25.3 Å². The molecule has 0 spiro atoms. The minimum Gasteiger partial charge on any atom is -0.393 e. The van der Waals surface area contributed by atoms with Crippen molar-refractivity contribution in [3.63, 3.8) is 0 Å². The first kappa shape index (κ1) is 10.2. The molecule has 2 aromatic carbocycles. The van der Waals surface area contributed by atoms with Gasteiger partial charge in [0.1, 0.15) is 0 Å². The predicted octanol–water partition coefficient (Wildman–Crippen LogP) is 3.32. The van der Waals surface area contributed by atoms with Crippen molar-refractivity contribution in [1.29, 1.82) is 0 Å². The molecule has 0 aliphatic heterocycles. The number of rotatable bonds is 2. The van der Waals surface area contributed by atoms with Gasteiger partial charge in [0, 0.05) is 5.92 Å². The summed E-state index contributed by atoms with van der Waals surface area (Å²) in [4.78, 5) is 0. The second kappa shape index (κ2) is 4.03. The van der Waals surface area contributed by atoms with E-state index in [9.17, 15) is 5.11 Å². The molecule has 1 nitrogen and oxygen atoms in total. The highest BCUT2D eigenvalue weighted by Crippen LogP contribution is 2.23. The quantitative estimate of drug-likeness (QED) is 0.788. The van der Waals surface area contributed by atoms with Crippen LogP contribution in [-0.2, 0) is 0 Å². The maximum Gasteiger partial charge on any atom is 0.0577 e. The van der Waals surface area contributed by atoms with Crippen LogP contribution in [0, 0.1) is 0 Å². The maximum atomic E-state index is 9.55. The summed E-state index contributed by atoms with van der Waals surface area (Å²) in [5.41, 5.74) is 1.20. The van der Waals surface area contributed by atoms with Crippen molar-refractivity contribution >= 4 is 10.8 Å². The Morgan fingerprint density at radius 2 is 1.60 bits per heavy atom. The summed E-state index contributed by atoms with van der Waals surface area (Å²) in [7, 11) is 0. The molecule has 0 aromatic heterocycles. The lowest BCUT2D eigenvalue weighted by molar-refractivity contribution is 0.169. The summed E-state index contributed by atoms with van der Waals surface area (Å²) in [6.07, 6.45) is -0.300. The van der Waals surface area contributed by atoms with Gasteiger partial charge in [-0.25, -0.2) is 0 Å². The second-order valence-electron chi connectivity index (χ2n) is 4.14. The fourth-order valence-corrected chi connectivity index (χ4v) is 1.77. The maximum absolute atomic E-state index is 9.55. The highest BCUT2D eigenvalue weighted by atomic mass is 16.3. The lowest BCUT2D eigenvalue weighted by atomic mass is 9.94. The van der Waals surface area contributed by atoms with Crippen LogP contribution < -0.4 is 0 Å². The van der Waals surface area contributed by atoms with Gasteiger partial charge < -0.3 is 5.11 Å². The van der Waals surface area contributed by atoms with Crippen LogP contribution in [0.4, 0.5) is 0 Å². The van der Waals surface area contributed by atoms with Gasteiger partial charge in [0.05, 0.1) is 6.10 Å². The zero-order chi connectivity index (χ0) is 10.8.